The normalized spacial score (nSPS) is 23.6. The highest BCUT2D eigenvalue weighted by atomic mass is 16.5. The molecule has 0 radical (unpaired) electrons. The molecule has 0 bridgehead atoms. The lowest BCUT2D eigenvalue weighted by atomic mass is 10.2. The number of morpholine rings is 1. The van der Waals surface area contributed by atoms with Gasteiger partial charge < -0.3 is 10.1 Å². The summed E-state index contributed by atoms with van der Waals surface area (Å²) in [5.74, 6) is 0. The summed E-state index contributed by atoms with van der Waals surface area (Å²) in [6, 6.07) is 0.698. The molecular weight excluding hydrogens is 188 g/mol. The summed E-state index contributed by atoms with van der Waals surface area (Å²) in [7, 11) is 0. The van der Waals surface area contributed by atoms with Gasteiger partial charge in [-0.05, 0) is 19.8 Å². The molecule has 0 saturated carbocycles. The molecule has 3 heteroatoms. The SMILES string of the molecule is CCC(CC)NCCN1CCOC(C)C1. The lowest BCUT2D eigenvalue weighted by Crippen LogP contribution is -2.45. The van der Waals surface area contributed by atoms with Crippen LogP contribution in [0.3, 0.4) is 0 Å². The van der Waals surface area contributed by atoms with Crippen LogP contribution in [0.1, 0.15) is 33.6 Å². The van der Waals surface area contributed by atoms with Gasteiger partial charge in [-0.25, -0.2) is 0 Å². The van der Waals surface area contributed by atoms with Crippen molar-refractivity contribution in [2.24, 2.45) is 0 Å². The Morgan fingerprint density at radius 2 is 2.13 bits per heavy atom. The topological polar surface area (TPSA) is 24.5 Å². The van der Waals surface area contributed by atoms with E-state index in [1.54, 1.807) is 0 Å². The maximum Gasteiger partial charge on any atom is 0.0674 e. The van der Waals surface area contributed by atoms with E-state index in [-0.39, 0.29) is 0 Å². The van der Waals surface area contributed by atoms with Gasteiger partial charge in [0.25, 0.3) is 0 Å². The van der Waals surface area contributed by atoms with E-state index in [1.165, 1.54) is 12.8 Å². The Morgan fingerprint density at radius 3 is 2.73 bits per heavy atom. The second kappa shape index (κ2) is 7.20. The molecule has 1 fully saturated rings. The third-order valence-electron chi connectivity index (χ3n) is 3.17. The maximum absolute atomic E-state index is 5.52. The Morgan fingerprint density at radius 1 is 1.40 bits per heavy atom. The number of nitrogens with zero attached hydrogens (tertiary/aromatic N) is 1. The van der Waals surface area contributed by atoms with Crippen molar-refractivity contribution in [2.75, 3.05) is 32.8 Å². The molecule has 1 rings (SSSR count). The van der Waals surface area contributed by atoms with Gasteiger partial charge >= 0.3 is 0 Å². The highest BCUT2D eigenvalue weighted by molar-refractivity contribution is 4.70. The number of nitrogens with one attached hydrogen (secondary N) is 1. The van der Waals surface area contributed by atoms with E-state index < -0.39 is 0 Å². The fourth-order valence-corrected chi connectivity index (χ4v) is 2.10. The molecule has 0 spiro atoms. The summed E-state index contributed by atoms with van der Waals surface area (Å²) in [5, 5.41) is 3.60. The van der Waals surface area contributed by atoms with Gasteiger partial charge in [-0.3, -0.25) is 4.90 Å². The second-order valence-corrected chi connectivity index (χ2v) is 4.45. The zero-order valence-corrected chi connectivity index (χ0v) is 10.5. The summed E-state index contributed by atoms with van der Waals surface area (Å²) in [5.41, 5.74) is 0. The van der Waals surface area contributed by atoms with Crippen molar-refractivity contribution >= 4 is 0 Å². The molecule has 0 amide bonds. The molecule has 1 atom stereocenters. The highest BCUT2D eigenvalue weighted by Gasteiger charge is 2.15. The fraction of sp³-hybridized carbons (Fsp3) is 1.00. The quantitative estimate of drug-likeness (QED) is 0.725. The number of rotatable bonds is 6. The van der Waals surface area contributed by atoms with Crippen molar-refractivity contribution in [3.63, 3.8) is 0 Å². The molecule has 1 saturated heterocycles. The molecule has 15 heavy (non-hydrogen) atoms. The van der Waals surface area contributed by atoms with Crippen LogP contribution >= 0.6 is 0 Å². The van der Waals surface area contributed by atoms with Crippen LogP contribution in [0, 0.1) is 0 Å². The van der Waals surface area contributed by atoms with E-state index in [1.807, 2.05) is 0 Å². The summed E-state index contributed by atoms with van der Waals surface area (Å²) < 4.78 is 5.52. The molecular formula is C12H26N2O. The third kappa shape index (κ3) is 4.96. The molecule has 1 aliphatic heterocycles. The number of hydrogen-bond donors (Lipinski definition) is 1. The largest absolute Gasteiger partial charge is 0.376 e. The van der Waals surface area contributed by atoms with Gasteiger partial charge in [0.1, 0.15) is 0 Å². The van der Waals surface area contributed by atoms with E-state index in [2.05, 4.69) is 31.0 Å². The van der Waals surface area contributed by atoms with Gasteiger partial charge in [0, 0.05) is 32.2 Å². The highest BCUT2D eigenvalue weighted by Crippen LogP contribution is 2.03. The molecule has 90 valence electrons. The Kier molecular flexibility index (Phi) is 6.22. The van der Waals surface area contributed by atoms with Crippen molar-refractivity contribution < 1.29 is 4.74 Å². The first-order valence-electron chi connectivity index (χ1n) is 6.33. The first-order valence-corrected chi connectivity index (χ1v) is 6.33. The predicted molar refractivity (Wildman–Crippen MR) is 64.2 cm³/mol. The summed E-state index contributed by atoms with van der Waals surface area (Å²) >= 11 is 0. The van der Waals surface area contributed by atoms with Gasteiger partial charge in [0.05, 0.1) is 12.7 Å². The van der Waals surface area contributed by atoms with Gasteiger partial charge in [-0.1, -0.05) is 13.8 Å². The van der Waals surface area contributed by atoms with Crippen LogP contribution in [0.15, 0.2) is 0 Å². The molecule has 1 aliphatic rings. The van der Waals surface area contributed by atoms with Gasteiger partial charge in [0.15, 0.2) is 0 Å². The Bertz CT molecular complexity index is 160. The first-order chi connectivity index (χ1) is 7.26. The van der Waals surface area contributed by atoms with Crippen LogP contribution < -0.4 is 5.32 Å². The van der Waals surface area contributed by atoms with Crippen LogP contribution in [0.2, 0.25) is 0 Å². The zero-order valence-electron chi connectivity index (χ0n) is 10.5. The van der Waals surface area contributed by atoms with Crippen molar-refractivity contribution in [1.29, 1.82) is 0 Å². The number of ether oxygens (including phenoxy) is 1. The summed E-state index contributed by atoms with van der Waals surface area (Å²) in [6.45, 7) is 12.0. The van der Waals surface area contributed by atoms with Crippen LogP contribution in [0.25, 0.3) is 0 Å². The van der Waals surface area contributed by atoms with Crippen molar-refractivity contribution in [1.82, 2.24) is 10.2 Å². The van der Waals surface area contributed by atoms with Crippen molar-refractivity contribution in [3.05, 3.63) is 0 Å². The van der Waals surface area contributed by atoms with E-state index in [4.69, 9.17) is 4.74 Å². The summed E-state index contributed by atoms with van der Waals surface area (Å²) in [4.78, 5) is 2.49. The molecule has 1 N–H and O–H groups in total. The smallest absolute Gasteiger partial charge is 0.0674 e. The molecule has 1 heterocycles. The minimum absolute atomic E-state index is 0.409. The van der Waals surface area contributed by atoms with E-state index >= 15 is 0 Å². The van der Waals surface area contributed by atoms with Crippen LogP contribution in [0.5, 0.6) is 0 Å². The lowest BCUT2D eigenvalue weighted by Gasteiger charge is -2.31. The third-order valence-corrected chi connectivity index (χ3v) is 3.17. The average Bonchev–Trinajstić information content (AvgIpc) is 2.25. The van der Waals surface area contributed by atoms with Gasteiger partial charge in [0.2, 0.25) is 0 Å². The Hall–Kier alpha value is -0.120. The maximum atomic E-state index is 5.52. The van der Waals surface area contributed by atoms with Gasteiger partial charge in [-0.15, -0.1) is 0 Å². The molecule has 1 unspecified atom stereocenters. The Balaban J connectivity index is 2.08. The lowest BCUT2D eigenvalue weighted by molar-refractivity contribution is -0.0178. The Labute approximate surface area is 94.2 Å². The van der Waals surface area contributed by atoms with E-state index in [0.717, 1.165) is 32.8 Å². The molecule has 3 nitrogen and oxygen atoms in total. The molecule has 0 aromatic rings. The molecule has 0 aromatic heterocycles. The van der Waals surface area contributed by atoms with E-state index in [9.17, 15) is 0 Å². The van der Waals surface area contributed by atoms with Gasteiger partial charge in [-0.2, -0.15) is 0 Å². The average molecular weight is 214 g/mol. The number of hydrogen-bond acceptors (Lipinski definition) is 3. The summed E-state index contributed by atoms with van der Waals surface area (Å²) in [6.07, 6.45) is 2.87. The minimum Gasteiger partial charge on any atom is -0.376 e. The standard InChI is InChI=1S/C12H26N2O/c1-4-12(5-2)13-6-7-14-8-9-15-11(3)10-14/h11-13H,4-10H2,1-3H3. The second-order valence-electron chi connectivity index (χ2n) is 4.45. The molecule has 0 aromatic carbocycles. The molecule has 0 aliphatic carbocycles. The van der Waals surface area contributed by atoms with Crippen LogP contribution in [0.4, 0.5) is 0 Å². The monoisotopic (exact) mass is 214 g/mol. The predicted octanol–water partition coefficient (Wildman–Crippen LogP) is 1.49. The minimum atomic E-state index is 0.409. The fourth-order valence-electron chi connectivity index (χ4n) is 2.10. The van der Waals surface area contributed by atoms with Crippen LogP contribution in [-0.2, 0) is 4.74 Å². The van der Waals surface area contributed by atoms with Crippen molar-refractivity contribution in [3.8, 4) is 0 Å². The van der Waals surface area contributed by atoms with Crippen LogP contribution in [-0.4, -0.2) is 49.8 Å². The van der Waals surface area contributed by atoms with E-state index in [0.29, 0.717) is 12.1 Å². The zero-order chi connectivity index (χ0) is 11.1. The van der Waals surface area contributed by atoms with Crippen molar-refractivity contribution in [2.45, 2.75) is 45.8 Å². The first kappa shape index (κ1) is 12.9.